The van der Waals surface area contributed by atoms with E-state index in [0.717, 1.165) is 43.0 Å². The average Bonchev–Trinajstić information content (AvgIpc) is 2.73. The number of carbonyl (C=O) groups is 1. The first kappa shape index (κ1) is 15.8. The van der Waals surface area contributed by atoms with Gasteiger partial charge in [0.15, 0.2) is 0 Å². The Balaban J connectivity index is 2.16. The third-order valence-electron chi connectivity index (χ3n) is 3.94. The standard InChI is InChI=1S/C16H19BrN2O2/c1-21-14-7-6-12(10-13(14)17)15(20)19-16(11-18)8-4-2-3-5-9-16/h6-7,10H,2-5,8-9H2,1H3,(H,19,20). The number of carbonyl (C=O) groups excluding carboxylic acids is 1. The molecule has 0 bridgehead atoms. The van der Waals surface area contributed by atoms with Gasteiger partial charge in [-0.2, -0.15) is 5.26 Å². The normalized spacial score (nSPS) is 17.4. The predicted octanol–water partition coefficient (Wildman–Crippen LogP) is 3.80. The fourth-order valence-corrected chi connectivity index (χ4v) is 3.23. The molecule has 0 aliphatic heterocycles. The number of rotatable bonds is 3. The van der Waals surface area contributed by atoms with Gasteiger partial charge in [-0.1, -0.05) is 25.7 Å². The second-order valence-electron chi connectivity index (χ2n) is 5.41. The van der Waals surface area contributed by atoms with Crippen LogP contribution in [0.3, 0.4) is 0 Å². The Labute approximate surface area is 133 Å². The van der Waals surface area contributed by atoms with Gasteiger partial charge in [-0.05, 0) is 47.0 Å². The van der Waals surface area contributed by atoms with Gasteiger partial charge in [0, 0.05) is 5.56 Å². The van der Waals surface area contributed by atoms with Crippen LogP contribution in [0.25, 0.3) is 0 Å². The van der Waals surface area contributed by atoms with Gasteiger partial charge in [0.1, 0.15) is 11.3 Å². The molecule has 0 radical (unpaired) electrons. The van der Waals surface area contributed by atoms with Crippen LogP contribution in [0, 0.1) is 11.3 Å². The molecule has 1 aliphatic rings. The Morgan fingerprint density at radius 2 is 2.00 bits per heavy atom. The third-order valence-corrected chi connectivity index (χ3v) is 4.56. The molecule has 2 rings (SSSR count). The van der Waals surface area contributed by atoms with Gasteiger partial charge in [-0.15, -0.1) is 0 Å². The number of nitriles is 1. The monoisotopic (exact) mass is 350 g/mol. The van der Waals surface area contributed by atoms with Crippen molar-refractivity contribution < 1.29 is 9.53 Å². The highest BCUT2D eigenvalue weighted by Crippen LogP contribution is 2.28. The Morgan fingerprint density at radius 1 is 1.33 bits per heavy atom. The molecule has 0 aromatic heterocycles. The number of hydrogen-bond donors (Lipinski definition) is 1. The van der Waals surface area contributed by atoms with Gasteiger partial charge in [0.05, 0.1) is 17.7 Å². The molecule has 1 N–H and O–H groups in total. The van der Waals surface area contributed by atoms with Crippen LogP contribution in [0.2, 0.25) is 0 Å². The first-order valence-electron chi connectivity index (χ1n) is 7.17. The molecule has 1 aromatic rings. The van der Waals surface area contributed by atoms with E-state index in [0.29, 0.717) is 11.3 Å². The van der Waals surface area contributed by atoms with E-state index >= 15 is 0 Å². The van der Waals surface area contributed by atoms with Crippen molar-refractivity contribution in [2.75, 3.05) is 7.11 Å². The molecule has 0 atom stereocenters. The Bertz CT molecular complexity index is 558. The van der Waals surface area contributed by atoms with Gasteiger partial charge in [-0.25, -0.2) is 0 Å². The zero-order valence-corrected chi connectivity index (χ0v) is 13.7. The molecule has 0 unspecified atom stereocenters. The lowest BCUT2D eigenvalue weighted by Crippen LogP contribution is -2.47. The van der Waals surface area contributed by atoms with E-state index in [1.807, 2.05) is 0 Å². The summed E-state index contributed by atoms with van der Waals surface area (Å²) in [5.74, 6) is 0.470. The second-order valence-corrected chi connectivity index (χ2v) is 6.27. The number of nitrogens with one attached hydrogen (secondary N) is 1. The van der Waals surface area contributed by atoms with Gasteiger partial charge < -0.3 is 10.1 Å². The van der Waals surface area contributed by atoms with Gasteiger partial charge in [-0.3, -0.25) is 4.79 Å². The summed E-state index contributed by atoms with van der Waals surface area (Å²) >= 11 is 3.37. The smallest absolute Gasteiger partial charge is 0.252 e. The van der Waals surface area contributed by atoms with Crippen molar-refractivity contribution in [1.82, 2.24) is 5.32 Å². The van der Waals surface area contributed by atoms with E-state index in [1.165, 1.54) is 0 Å². The van der Waals surface area contributed by atoms with Crippen molar-refractivity contribution in [2.24, 2.45) is 0 Å². The largest absolute Gasteiger partial charge is 0.496 e. The quantitative estimate of drug-likeness (QED) is 0.843. The lowest BCUT2D eigenvalue weighted by Gasteiger charge is -2.26. The Hall–Kier alpha value is -1.54. The maximum atomic E-state index is 12.4. The van der Waals surface area contributed by atoms with E-state index < -0.39 is 5.54 Å². The minimum atomic E-state index is -0.722. The summed E-state index contributed by atoms with van der Waals surface area (Å²) in [6.45, 7) is 0. The zero-order chi connectivity index (χ0) is 15.3. The molecule has 1 fully saturated rings. The molecule has 1 amide bonds. The number of halogens is 1. The molecule has 0 saturated heterocycles. The SMILES string of the molecule is COc1ccc(C(=O)NC2(C#N)CCCCCC2)cc1Br. The summed E-state index contributed by atoms with van der Waals surface area (Å²) in [6.07, 6.45) is 5.69. The number of hydrogen-bond acceptors (Lipinski definition) is 3. The van der Waals surface area contributed by atoms with Crippen LogP contribution in [-0.4, -0.2) is 18.6 Å². The van der Waals surface area contributed by atoms with Gasteiger partial charge in [0.25, 0.3) is 5.91 Å². The Morgan fingerprint density at radius 3 is 2.52 bits per heavy atom. The van der Waals surface area contributed by atoms with Gasteiger partial charge >= 0.3 is 0 Å². The van der Waals surface area contributed by atoms with E-state index in [4.69, 9.17) is 4.74 Å². The second kappa shape index (κ2) is 6.95. The van der Waals surface area contributed by atoms with E-state index in [2.05, 4.69) is 27.3 Å². The fraction of sp³-hybridized carbons (Fsp3) is 0.500. The topological polar surface area (TPSA) is 62.1 Å². The number of amides is 1. The van der Waals surface area contributed by atoms with Crippen molar-refractivity contribution in [2.45, 2.75) is 44.1 Å². The van der Waals surface area contributed by atoms with Crippen LogP contribution in [-0.2, 0) is 0 Å². The van der Waals surface area contributed by atoms with Crippen LogP contribution in [0.1, 0.15) is 48.9 Å². The summed E-state index contributed by atoms with van der Waals surface area (Å²) in [5, 5.41) is 12.4. The van der Waals surface area contributed by atoms with E-state index in [9.17, 15) is 10.1 Å². The molecule has 4 nitrogen and oxygen atoms in total. The first-order valence-corrected chi connectivity index (χ1v) is 7.97. The van der Waals surface area contributed by atoms with Gasteiger partial charge in [0.2, 0.25) is 0 Å². The van der Waals surface area contributed by atoms with Crippen molar-refractivity contribution in [1.29, 1.82) is 5.26 Å². The molecule has 21 heavy (non-hydrogen) atoms. The summed E-state index contributed by atoms with van der Waals surface area (Å²) in [7, 11) is 1.58. The molecular weight excluding hydrogens is 332 g/mol. The molecule has 5 heteroatoms. The highest BCUT2D eigenvalue weighted by atomic mass is 79.9. The van der Waals surface area contributed by atoms with Crippen molar-refractivity contribution in [3.8, 4) is 11.8 Å². The zero-order valence-electron chi connectivity index (χ0n) is 12.1. The molecule has 1 aliphatic carbocycles. The maximum absolute atomic E-state index is 12.4. The summed E-state index contributed by atoms with van der Waals surface area (Å²) in [4.78, 5) is 12.4. The van der Waals surface area contributed by atoms with Crippen LogP contribution in [0.5, 0.6) is 5.75 Å². The maximum Gasteiger partial charge on any atom is 0.252 e. The molecule has 0 heterocycles. The van der Waals surface area contributed by atoms with E-state index in [1.54, 1.807) is 25.3 Å². The van der Waals surface area contributed by atoms with Crippen molar-refractivity contribution in [3.05, 3.63) is 28.2 Å². The summed E-state index contributed by atoms with van der Waals surface area (Å²) < 4.78 is 5.88. The average molecular weight is 351 g/mol. The third kappa shape index (κ3) is 3.76. The van der Waals surface area contributed by atoms with Crippen LogP contribution >= 0.6 is 15.9 Å². The number of methoxy groups -OCH3 is 1. The summed E-state index contributed by atoms with van der Waals surface area (Å²) in [5.41, 5.74) is -0.193. The lowest BCUT2D eigenvalue weighted by molar-refractivity contribution is 0.0913. The molecule has 0 spiro atoms. The van der Waals surface area contributed by atoms with Crippen molar-refractivity contribution in [3.63, 3.8) is 0 Å². The van der Waals surface area contributed by atoms with Crippen molar-refractivity contribution >= 4 is 21.8 Å². The predicted molar refractivity (Wildman–Crippen MR) is 84.2 cm³/mol. The summed E-state index contributed by atoms with van der Waals surface area (Å²) in [6, 6.07) is 7.50. The molecule has 112 valence electrons. The Kier molecular flexibility index (Phi) is 5.24. The highest BCUT2D eigenvalue weighted by molar-refractivity contribution is 9.10. The number of nitrogens with zero attached hydrogens (tertiary/aromatic N) is 1. The van der Waals surface area contributed by atoms with Crippen LogP contribution in [0.4, 0.5) is 0 Å². The molecule has 1 aromatic carbocycles. The molecule has 1 saturated carbocycles. The van der Waals surface area contributed by atoms with Crippen LogP contribution in [0.15, 0.2) is 22.7 Å². The lowest BCUT2D eigenvalue weighted by atomic mass is 9.91. The first-order chi connectivity index (χ1) is 10.1. The number of benzene rings is 1. The van der Waals surface area contributed by atoms with E-state index in [-0.39, 0.29) is 5.91 Å². The minimum Gasteiger partial charge on any atom is -0.496 e. The molecular formula is C16H19BrN2O2. The minimum absolute atomic E-state index is 0.207. The number of ether oxygens (including phenoxy) is 1. The fourth-order valence-electron chi connectivity index (χ4n) is 2.69. The highest BCUT2D eigenvalue weighted by Gasteiger charge is 2.32. The van der Waals surface area contributed by atoms with Crippen LogP contribution < -0.4 is 10.1 Å².